The Morgan fingerprint density at radius 1 is 1.10 bits per heavy atom. The first kappa shape index (κ1) is 13.2. The standard InChI is InChI=1S/C18H22N2/c1-14-8-9-18-17(12-14)13-19-10-11-20(18)15(2)16-6-4-3-5-7-16/h3-9,12,15,19H,10-11,13H2,1-2H3. The van der Waals surface area contributed by atoms with E-state index in [1.165, 1.54) is 22.4 Å². The Labute approximate surface area is 121 Å². The third kappa shape index (κ3) is 2.56. The molecule has 0 spiro atoms. The highest BCUT2D eigenvalue weighted by molar-refractivity contribution is 5.57. The van der Waals surface area contributed by atoms with Crippen molar-refractivity contribution in [1.82, 2.24) is 5.32 Å². The molecule has 0 saturated carbocycles. The summed E-state index contributed by atoms with van der Waals surface area (Å²) in [6.45, 7) is 7.51. The minimum Gasteiger partial charge on any atom is -0.363 e. The highest BCUT2D eigenvalue weighted by Gasteiger charge is 2.20. The Hall–Kier alpha value is -1.80. The molecule has 1 unspecified atom stereocenters. The van der Waals surface area contributed by atoms with Gasteiger partial charge in [0.15, 0.2) is 0 Å². The van der Waals surface area contributed by atoms with Crippen LogP contribution in [-0.2, 0) is 6.54 Å². The Balaban J connectivity index is 1.98. The number of aryl methyl sites for hydroxylation is 1. The molecule has 0 bridgehead atoms. The molecule has 3 rings (SSSR count). The fraction of sp³-hybridized carbons (Fsp3) is 0.333. The van der Waals surface area contributed by atoms with Crippen molar-refractivity contribution in [2.24, 2.45) is 0 Å². The Bertz CT molecular complexity index is 577. The second kappa shape index (κ2) is 5.68. The van der Waals surface area contributed by atoms with Crippen LogP contribution < -0.4 is 10.2 Å². The van der Waals surface area contributed by atoms with Crippen LogP contribution in [0.25, 0.3) is 0 Å². The Morgan fingerprint density at radius 2 is 1.90 bits per heavy atom. The fourth-order valence-corrected chi connectivity index (χ4v) is 2.99. The largest absolute Gasteiger partial charge is 0.363 e. The minimum absolute atomic E-state index is 0.401. The van der Waals surface area contributed by atoms with Crippen LogP contribution in [0, 0.1) is 6.92 Å². The van der Waals surface area contributed by atoms with E-state index in [0.29, 0.717) is 6.04 Å². The molecule has 0 fully saturated rings. The average Bonchev–Trinajstić information content (AvgIpc) is 2.69. The summed E-state index contributed by atoms with van der Waals surface area (Å²) >= 11 is 0. The molecule has 0 aliphatic carbocycles. The summed E-state index contributed by atoms with van der Waals surface area (Å²) in [5.74, 6) is 0. The first-order chi connectivity index (χ1) is 9.75. The van der Waals surface area contributed by atoms with E-state index in [-0.39, 0.29) is 0 Å². The topological polar surface area (TPSA) is 15.3 Å². The van der Waals surface area contributed by atoms with E-state index in [4.69, 9.17) is 0 Å². The molecule has 1 N–H and O–H groups in total. The van der Waals surface area contributed by atoms with Crippen LogP contribution >= 0.6 is 0 Å². The number of hydrogen-bond donors (Lipinski definition) is 1. The average molecular weight is 266 g/mol. The van der Waals surface area contributed by atoms with Crippen LogP contribution in [0.2, 0.25) is 0 Å². The van der Waals surface area contributed by atoms with E-state index in [1.807, 2.05) is 0 Å². The van der Waals surface area contributed by atoms with Gasteiger partial charge in [0, 0.05) is 25.3 Å². The number of fused-ring (bicyclic) bond motifs is 1. The highest BCUT2D eigenvalue weighted by atomic mass is 15.2. The van der Waals surface area contributed by atoms with Crippen molar-refractivity contribution in [3.8, 4) is 0 Å². The maximum atomic E-state index is 3.53. The summed E-state index contributed by atoms with van der Waals surface area (Å²) in [5, 5.41) is 3.53. The molecule has 2 aromatic carbocycles. The monoisotopic (exact) mass is 266 g/mol. The van der Waals surface area contributed by atoms with Gasteiger partial charge < -0.3 is 10.2 Å². The molecule has 2 aromatic rings. The molecule has 1 heterocycles. The normalized spacial score (nSPS) is 16.4. The van der Waals surface area contributed by atoms with Gasteiger partial charge in [-0.3, -0.25) is 0 Å². The molecule has 1 atom stereocenters. The van der Waals surface area contributed by atoms with Crippen LogP contribution in [-0.4, -0.2) is 13.1 Å². The predicted molar refractivity (Wildman–Crippen MR) is 85.1 cm³/mol. The van der Waals surface area contributed by atoms with E-state index in [1.54, 1.807) is 0 Å². The van der Waals surface area contributed by atoms with Crippen LogP contribution in [0.4, 0.5) is 5.69 Å². The molecule has 1 aliphatic rings. The summed E-state index contributed by atoms with van der Waals surface area (Å²) in [6, 6.07) is 18.0. The molecular weight excluding hydrogens is 244 g/mol. The lowest BCUT2D eigenvalue weighted by molar-refractivity contribution is 0.639. The van der Waals surface area contributed by atoms with Gasteiger partial charge in [-0.25, -0.2) is 0 Å². The molecule has 20 heavy (non-hydrogen) atoms. The number of anilines is 1. The predicted octanol–water partition coefficient (Wildman–Crippen LogP) is 3.67. The maximum Gasteiger partial charge on any atom is 0.0514 e. The fourth-order valence-electron chi connectivity index (χ4n) is 2.99. The number of nitrogens with zero attached hydrogens (tertiary/aromatic N) is 1. The zero-order valence-corrected chi connectivity index (χ0v) is 12.3. The van der Waals surface area contributed by atoms with Gasteiger partial charge in [-0.1, -0.05) is 48.0 Å². The number of nitrogens with one attached hydrogen (secondary N) is 1. The summed E-state index contributed by atoms with van der Waals surface area (Å²) in [6.07, 6.45) is 0. The SMILES string of the molecule is Cc1ccc2c(c1)CNCCN2C(C)c1ccccc1. The van der Waals surface area contributed by atoms with Crippen molar-refractivity contribution >= 4 is 5.69 Å². The smallest absolute Gasteiger partial charge is 0.0514 e. The van der Waals surface area contributed by atoms with Gasteiger partial charge in [-0.15, -0.1) is 0 Å². The Kier molecular flexibility index (Phi) is 3.75. The molecule has 0 radical (unpaired) electrons. The van der Waals surface area contributed by atoms with Crippen LogP contribution in [0.1, 0.15) is 29.7 Å². The van der Waals surface area contributed by atoms with Gasteiger partial charge in [-0.05, 0) is 31.0 Å². The second-order valence-electron chi connectivity index (χ2n) is 5.59. The van der Waals surface area contributed by atoms with Crippen LogP contribution in [0.3, 0.4) is 0 Å². The second-order valence-corrected chi connectivity index (χ2v) is 5.59. The molecule has 0 saturated heterocycles. The molecule has 2 nitrogen and oxygen atoms in total. The molecule has 104 valence electrons. The van der Waals surface area contributed by atoms with Gasteiger partial charge in [0.05, 0.1) is 6.04 Å². The molecule has 1 aliphatic heterocycles. The third-order valence-electron chi connectivity index (χ3n) is 4.14. The van der Waals surface area contributed by atoms with Crippen molar-refractivity contribution in [3.05, 3.63) is 65.2 Å². The van der Waals surface area contributed by atoms with Crippen molar-refractivity contribution in [3.63, 3.8) is 0 Å². The number of hydrogen-bond acceptors (Lipinski definition) is 2. The summed E-state index contributed by atoms with van der Waals surface area (Å²) in [5.41, 5.74) is 5.49. The summed E-state index contributed by atoms with van der Waals surface area (Å²) in [4.78, 5) is 2.52. The lowest BCUT2D eigenvalue weighted by atomic mass is 10.0. The van der Waals surface area contributed by atoms with Crippen LogP contribution in [0.15, 0.2) is 48.5 Å². The maximum absolute atomic E-state index is 3.53. The van der Waals surface area contributed by atoms with Gasteiger partial charge in [0.2, 0.25) is 0 Å². The van der Waals surface area contributed by atoms with Crippen molar-refractivity contribution < 1.29 is 0 Å². The zero-order valence-electron chi connectivity index (χ0n) is 12.3. The molecule has 0 aromatic heterocycles. The van der Waals surface area contributed by atoms with Crippen molar-refractivity contribution in [1.29, 1.82) is 0 Å². The first-order valence-corrected chi connectivity index (χ1v) is 7.37. The summed E-state index contributed by atoms with van der Waals surface area (Å²) in [7, 11) is 0. The third-order valence-corrected chi connectivity index (χ3v) is 4.14. The van der Waals surface area contributed by atoms with Gasteiger partial charge >= 0.3 is 0 Å². The van der Waals surface area contributed by atoms with E-state index < -0.39 is 0 Å². The molecule has 0 amide bonds. The van der Waals surface area contributed by atoms with Crippen LogP contribution in [0.5, 0.6) is 0 Å². The molecule has 2 heteroatoms. The highest BCUT2D eigenvalue weighted by Crippen LogP contribution is 2.31. The van der Waals surface area contributed by atoms with E-state index in [2.05, 4.69) is 72.6 Å². The minimum atomic E-state index is 0.401. The molecular formula is C18H22N2. The number of rotatable bonds is 2. The number of benzene rings is 2. The van der Waals surface area contributed by atoms with Crippen molar-refractivity contribution in [2.75, 3.05) is 18.0 Å². The first-order valence-electron chi connectivity index (χ1n) is 7.37. The van der Waals surface area contributed by atoms with E-state index >= 15 is 0 Å². The van der Waals surface area contributed by atoms with Gasteiger partial charge in [0.1, 0.15) is 0 Å². The van der Waals surface area contributed by atoms with E-state index in [0.717, 1.165) is 19.6 Å². The van der Waals surface area contributed by atoms with Crippen molar-refractivity contribution in [2.45, 2.75) is 26.4 Å². The van der Waals surface area contributed by atoms with Gasteiger partial charge in [0.25, 0.3) is 0 Å². The lowest BCUT2D eigenvalue weighted by Crippen LogP contribution is -2.31. The quantitative estimate of drug-likeness (QED) is 0.892. The van der Waals surface area contributed by atoms with E-state index in [9.17, 15) is 0 Å². The zero-order chi connectivity index (χ0) is 13.9. The lowest BCUT2D eigenvalue weighted by Gasteiger charge is -2.31. The van der Waals surface area contributed by atoms with Gasteiger partial charge in [-0.2, -0.15) is 0 Å². The Morgan fingerprint density at radius 3 is 2.70 bits per heavy atom. The summed E-state index contributed by atoms with van der Waals surface area (Å²) < 4.78 is 0.